The van der Waals surface area contributed by atoms with Crippen LogP contribution in [0, 0.1) is 0 Å². The lowest BCUT2D eigenvalue weighted by Crippen LogP contribution is -2.34. The fourth-order valence-corrected chi connectivity index (χ4v) is 3.98. The van der Waals surface area contributed by atoms with Crippen molar-refractivity contribution in [3.8, 4) is 0 Å². The number of fused-ring (bicyclic) bond motifs is 1. The van der Waals surface area contributed by atoms with E-state index in [2.05, 4.69) is 25.6 Å². The number of carboxylic acid groups (broad SMARTS) is 1. The van der Waals surface area contributed by atoms with Gasteiger partial charge in [0.05, 0.1) is 6.33 Å². The Kier molecular flexibility index (Phi) is 7.21. The summed E-state index contributed by atoms with van der Waals surface area (Å²) >= 11 is 0. The summed E-state index contributed by atoms with van der Waals surface area (Å²) in [6.07, 6.45) is 3.45. The van der Waals surface area contributed by atoms with Crippen LogP contribution in [0.25, 0.3) is 11.2 Å². The number of benzene rings is 1. The van der Waals surface area contributed by atoms with E-state index in [0.29, 0.717) is 49.5 Å². The highest BCUT2D eigenvalue weighted by molar-refractivity contribution is 5.83. The summed E-state index contributed by atoms with van der Waals surface area (Å²) in [5, 5.41) is 14.8. The third kappa shape index (κ3) is 5.42. The van der Waals surface area contributed by atoms with Gasteiger partial charge in [-0.05, 0) is 43.7 Å². The highest BCUT2D eigenvalue weighted by Crippen LogP contribution is 2.31. The van der Waals surface area contributed by atoms with Gasteiger partial charge in [0.15, 0.2) is 11.5 Å². The molecular formula is C23H29N7O4. The lowest BCUT2D eigenvalue weighted by molar-refractivity contribution is -0.137. The molecule has 2 aromatic heterocycles. The molecule has 3 heterocycles. The number of likely N-dealkylation sites (N-methyl/N-ethyl adjacent to an activating group) is 1. The molecule has 1 saturated heterocycles. The third-order valence-corrected chi connectivity index (χ3v) is 5.75. The quantitative estimate of drug-likeness (QED) is 0.349. The van der Waals surface area contributed by atoms with Gasteiger partial charge in [-0.1, -0.05) is 24.3 Å². The first-order valence-corrected chi connectivity index (χ1v) is 11.4. The first-order valence-electron chi connectivity index (χ1n) is 11.4. The number of amides is 1. The lowest BCUT2D eigenvalue weighted by atomic mass is 10.1. The molecule has 4 rings (SSSR count). The summed E-state index contributed by atoms with van der Waals surface area (Å²) in [6, 6.07) is 7.89. The summed E-state index contributed by atoms with van der Waals surface area (Å²) in [6.45, 7) is 3.03. The van der Waals surface area contributed by atoms with Crippen molar-refractivity contribution in [1.82, 2.24) is 24.8 Å². The van der Waals surface area contributed by atoms with Gasteiger partial charge in [0.25, 0.3) is 0 Å². The number of ether oxygens (including phenoxy) is 1. The summed E-state index contributed by atoms with van der Waals surface area (Å²) < 4.78 is 7.74. The van der Waals surface area contributed by atoms with Crippen LogP contribution in [0.5, 0.6) is 0 Å². The topological polar surface area (TPSA) is 157 Å². The molecule has 0 unspecified atom stereocenters. The standard InChI is InChI=1S/C23H29N7O4/c1-2-25-22(33)16-8-9-17(34-16)30-13-27-19-20(24)28-23(29-21(19)30)26-12-11-15-5-3-14(4-6-15)7-10-18(31)32/h3-6,13,16-17H,2,7-12H2,1H3,(H,25,33)(H,31,32)(H3,24,26,28,29)/t16-,17+/m0/s1. The number of nitrogens with zero attached hydrogens (tertiary/aromatic N) is 4. The third-order valence-electron chi connectivity index (χ3n) is 5.75. The summed E-state index contributed by atoms with van der Waals surface area (Å²) in [7, 11) is 0. The number of imidazole rings is 1. The van der Waals surface area contributed by atoms with Crippen molar-refractivity contribution in [2.24, 2.45) is 0 Å². The lowest BCUT2D eigenvalue weighted by Gasteiger charge is -2.15. The highest BCUT2D eigenvalue weighted by Gasteiger charge is 2.32. The van der Waals surface area contributed by atoms with E-state index in [4.69, 9.17) is 15.6 Å². The number of carboxylic acids is 1. The van der Waals surface area contributed by atoms with Crippen molar-refractivity contribution >= 4 is 34.8 Å². The van der Waals surface area contributed by atoms with Gasteiger partial charge < -0.3 is 26.2 Å². The minimum atomic E-state index is -0.799. The van der Waals surface area contributed by atoms with Crippen LogP contribution < -0.4 is 16.4 Å². The molecule has 1 aromatic carbocycles. The van der Waals surface area contributed by atoms with Gasteiger partial charge in [-0.25, -0.2) is 4.98 Å². The Hall–Kier alpha value is -3.73. The van der Waals surface area contributed by atoms with Crippen molar-refractivity contribution in [3.05, 3.63) is 41.7 Å². The molecule has 3 aromatic rings. The number of hydrogen-bond donors (Lipinski definition) is 4. The second kappa shape index (κ2) is 10.5. The van der Waals surface area contributed by atoms with E-state index in [1.165, 1.54) is 0 Å². The molecule has 1 amide bonds. The van der Waals surface area contributed by atoms with Gasteiger partial charge in [-0.15, -0.1) is 0 Å². The largest absolute Gasteiger partial charge is 0.481 e. The van der Waals surface area contributed by atoms with Crippen LogP contribution in [0.15, 0.2) is 30.6 Å². The zero-order valence-corrected chi connectivity index (χ0v) is 19.0. The van der Waals surface area contributed by atoms with Gasteiger partial charge in [-0.2, -0.15) is 9.97 Å². The van der Waals surface area contributed by atoms with Crippen LogP contribution in [-0.4, -0.2) is 55.7 Å². The zero-order chi connectivity index (χ0) is 24.1. The highest BCUT2D eigenvalue weighted by atomic mass is 16.5. The molecule has 180 valence electrons. The molecule has 34 heavy (non-hydrogen) atoms. The average Bonchev–Trinajstić information content (AvgIpc) is 3.46. The van der Waals surface area contributed by atoms with Crippen molar-refractivity contribution < 1.29 is 19.4 Å². The molecule has 0 saturated carbocycles. The molecule has 0 spiro atoms. The maximum atomic E-state index is 12.1. The maximum absolute atomic E-state index is 12.1. The number of rotatable bonds is 10. The number of anilines is 2. The van der Waals surface area contributed by atoms with E-state index in [0.717, 1.165) is 17.5 Å². The Morgan fingerprint density at radius 2 is 1.91 bits per heavy atom. The van der Waals surface area contributed by atoms with E-state index < -0.39 is 12.1 Å². The monoisotopic (exact) mass is 467 g/mol. The van der Waals surface area contributed by atoms with Gasteiger partial charge in [-0.3, -0.25) is 14.2 Å². The van der Waals surface area contributed by atoms with Crippen molar-refractivity contribution in [2.45, 2.75) is 51.4 Å². The van der Waals surface area contributed by atoms with Crippen LogP contribution in [0.2, 0.25) is 0 Å². The molecule has 0 aliphatic carbocycles. The molecule has 1 fully saturated rings. The van der Waals surface area contributed by atoms with Crippen LogP contribution in [0.4, 0.5) is 11.8 Å². The number of nitrogens with one attached hydrogen (secondary N) is 2. The molecule has 5 N–H and O–H groups in total. The second-order valence-corrected chi connectivity index (χ2v) is 8.19. The van der Waals surface area contributed by atoms with Gasteiger partial charge >= 0.3 is 5.97 Å². The normalized spacial score (nSPS) is 17.7. The predicted molar refractivity (Wildman–Crippen MR) is 126 cm³/mol. The molecular weight excluding hydrogens is 438 g/mol. The van der Waals surface area contributed by atoms with Gasteiger partial charge in [0.1, 0.15) is 17.8 Å². The number of aliphatic carboxylic acids is 1. The van der Waals surface area contributed by atoms with E-state index in [9.17, 15) is 9.59 Å². The minimum Gasteiger partial charge on any atom is -0.481 e. The molecule has 11 heteroatoms. The number of nitrogens with two attached hydrogens (primary N) is 1. The second-order valence-electron chi connectivity index (χ2n) is 8.19. The molecule has 0 radical (unpaired) electrons. The molecule has 2 atom stereocenters. The summed E-state index contributed by atoms with van der Waals surface area (Å²) in [5.74, 6) is -0.247. The Balaban J connectivity index is 1.39. The maximum Gasteiger partial charge on any atom is 0.303 e. The molecule has 1 aliphatic rings. The fraction of sp³-hybridized carbons (Fsp3) is 0.435. The molecule has 11 nitrogen and oxygen atoms in total. The summed E-state index contributed by atoms with van der Waals surface area (Å²) in [5.41, 5.74) is 9.28. The number of aryl methyl sites for hydroxylation is 1. The Morgan fingerprint density at radius 3 is 2.62 bits per heavy atom. The minimum absolute atomic E-state index is 0.110. The van der Waals surface area contributed by atoms with Gasteiger partial charge in [0, 0.05) is 19.5 Å². The van der Waals surface area contributed by atoms with Crippen molar-refractivity contribution in [1.29, 1.82) is 0 Å². The zero-order valence-electron chi connectivity index (χ0n) is 19.0. The SMILES string of the molecule is CCNC(=O)[C@@H]1CC[C@H](n2cnc3c(N)nc(NCCc4ccc(CCC(=O)O)cc4)nc32)O1. The number of carbonyl (C=O) groups excluding carboxylic acids is 1. The predicted octanol–water partition coefficient (Wildman–Crippen LogP) is 1.89. The molecule has 0 bridgehead atoms. The van der Waals surface area contributed by atoms with Crippen LogP contribution in [0.1, 0.15) is 43.5 Å². The number of nitrogen functional groups attached to an aromatic ring is 1. The Morgan fingerprint density at radius 1 is 1.18 bits per heavy atom. The van der Waals surface area contributed by atoms with Crippen LogP contribution in [0.3, 0.4) is 0 Å². The van der Waals surface area contributed by atoms with Crippen LogP contribution >= 0.6 is 0 Å². The summed E-state index contributed by atoms with van der Waals surface area (Å²) in [4.78, 5) is 36.1. The number of aromatic nitrogens is 4. The van der Waals surface area contributed by atoms with Crippen molar-refractivity contribution in [2.75, 3.05) is 24.1 Å². The smallest absolute Gasteiger partial charge is 0.303 e. The van der Waals surface area contributed by atoms with Crippen LogP contribution in [-0.2, 0) is 27.2 Å². The number of carbonyl (C=O) groups is 2. The first-order chi connectivity index (χ1) is 16.4. The average molecular weight is 468 g/mol. The van der Waals surface area contributed by atoms with E-state index >= 15 is 0 Å². The first kappa shape index (κ1) is 23.4. The Bertz CT molecular complexity index is 1160. The number of hydrogen-bond acceptors (Lipinski definition) is 8. The van der Waals surface area contributed by atoms with Crippen molar-refractivity contribution in [3.63, 3.8) is 0 Å². The van der Waals surface area contributed by atoms with E-state index in [1.807, 2.05) is 31.2 Å². The van der Waals surface area contributed by atoms with Gasteiger partial charge in [0.2, 0.25) is 11.9 Å². The Labute approximate surface area is 196 Å². The van der Waals surface area contributed by atoms with E-state index in [1.54, 1.807) is 10.9 Å². The molecule has 1 aliphatic heterocycles. The van der Waals surface area contributed by atoms with E-state index in [-0.39, 0.29) is 24.4 Å². The fourth-order valence-electron chi connectivity index (χ4n) is 3.98.